The van der Waals surface area contributed by atoms with Gasteiger partial charge in [0.1, 0.15) is 5.60 Å². The highest BCUT2D eigenvalue weighted by molar-refractivity contribution is 5.76. The van der Waals surface area contributed by atoms with Crippen LogP contribution in [0.1, 0.15) is 63.4 Å². The molecule has 2 aliphatic heterocycles. The molecule has 0 spiro atoms. The van der Waals surface area contributed by atoms with Gasteiger partial charge in [0.05, 0.1) is 6.04 Å². The standard InChI is InChI=1S/C23H34N2O2/c26-22(13-12-19-8-4-5-9-19)25-17-14-23(27,20-10-2-1-3-11-20)21(18-25)24-15-6-7-16-24/h1-3,10-11,19,21,27H,4-9,12-18H2/t21-,23+/m1/s1. The van der Waals surface area contributed by atoms with Crippen LogP contribution in [0.4, 0.5) is 0 Å². The lowest BCUT2D eigenvalue weighted by Gasteiger charge is -2.48. The molecular formula is C23H34N2O2. The molecule has 0 aromatic heterocycles. The van der Waals surface area contributed by atoms with Crippen LogP contribution >= 0.6 is 0 Å². The zero-order valence-electron chi connectivity index (χ0n) is 16.5. The summed E-state index contributed by atoms with van der Waals surface area (Å²) in [5.74, 6) is 1.05. The second-order valence-corrected chi connectivity index (χ2v) is 8.83. The molecule has 4 heteroatoms. The Kier molecular flexibility index (Phi) is 5.84. The molecule has 1 amide bonds. The van der Waals surface area contributed by atoms with Gasteiger partial charge in [0.25, 0.3) is 0 Å². The Morgan fingerprint density at radius 1 is 1.04 bits per heavy atom. The van der Waals surface area contributed by atoms with Gasteiger partial charge in [-0.25, -0.2) is 0 Å². The van der Waals surface area contributed by atoms with Gasteiger partial charge in [-0.1, -0.05) is 56.0 Å². The fourth-order valence-electron chi connectivity index (χ4n) is 5.47. The van der Waals surface area contributed by atoms with Crippen molar-refractivity contribution < 1.29 is 9.90 Å². The Hall–Kier alpha value is -1.39. The number of carbonyl (C=O) groups is 1. The van der Waals surface area contributed by atoms with Gasteiger partial charge >= 0.3 is 0 Å². The molecule has 0 unspecified atom stereocenters. The molecule has 4 rings (SSSR count). The van der Waals surface area contributed by atoms with E-state index in [9.17, 15) is 9.90 Å². The Morgan fingerprint density at radius 2 is 1.74 bits per heavy atom. The molecule has 2 heterocycles. The fraction of sp³-hybridized carbons (Fsp3) is 0.696. The monoisotopic (exact) mass is 370 g/mol. The molecule has 148 valence electrons. The first-order valence-electron chi connectivity index (χ1n) is 11.0. The molecule has 3 aliphatic rings. The quantitative estimate of drug-likeness (QED) is 0.862. The van der Waals surface area contributed by atoms with E-state index in [1.807, 2.05) is 35.2 Å². The molecule has 3 fully saturated rings. The van der Waals surface area contributed by atoms with Crippen molar-refractivity contribution in [2.75, 3.05) is 26.2 Å². The van der Waals surface area contributed by atoms with Crippen LogP contribution in [-0.4, -0.2) is 53.0 Å². The van der Waals surface area contributed by atoms with Crippen LogP contribution in [0.15, 0.2) is 30.3 Å². The number of aliphatic hydroxyl groups is 1. The number of nitrogens with zero attached hydrogens (tertiary/aromatic N) is 2. The van der Waals surface area contributed by atoms with Gasteiger partial charge in [-0.05, 0) is 50.3 Å². The van der Waals surface area contributed by atoms with E-state index in [0.29, 0.717) is 31.8 Å². The molecule has 1 aromatic carbocycles. The third kappa shape index (κ3) is 4.07. The van der Waals surface area contributed by atoms with Gasteiger partial charge in [-0.3, -0.25) is 9.69 Å². The largest absolute Gasteiger partial charge is 0.383 e. The highest BCUT2D eigenvalue weighted by atomic mass is 16.3. The highest BCUT2D eigenvalue weighted by Gasteiger charge is 2.47. The Balaban J connectivity index is 1.46. The van der Waals surface area contributed by atoms with Gasteiger partial charge in [-0.15, -0.1) is 0 Å². The molecule has 2 atom stereocenters. The normalized spacial score (nSPS) is 30.1. The van der Waals surface area contributed by atoms with Crippen LogP contribution in [0.3, 0.4) is 0 Å². The second kappa shape index (κ2) is 8.32. The van der Waals surface area contributed by atoms with Crippen LogP contribution in [0.5, 0.6) is 0 Å². The van der Waals surface area contributed by atoms with Crippen molar-refractivity contribution in [3.05, 3.63) is 35.9 Å². The van der Waals surface area contributed by atoms with Crippen molar-refractivity contribution in [2.45, 2.75) is 69.4 Å². The smallest absolute Gasteiger partial charge is 0.222 e. The van der Waals surface area contributed by atoms with Crippen molar-refractivity contribution >= 4 is 5.91 Å². The van der Waals surface area contributed by atoms with Crippen molar-refractivity contribution in [2.24, 2.45) is 5.92 Å². The first kappa shape index (κ1) is 18.9. The van der Waals surface area contributed by atoms with Gasteiger partial charge < -0.3 is 10.0 Å². The fourth-order valence-corrected chi connectivity index (χ4v) is 5.47. The van der Waals surface area contributed by atoms with Crippen molar-refractivity contribution in [3.8, 4) is 0 Å². The summed E-state index contributed by atoms with van der Waals surface area (Å²) >= 11 is 0. The second-order valence-electron chi connectivity index (χ2n) is 8.83. The minimum atomic E-state index is -0.853. The number of likely N-dealkylation sites (tertiary alicyclic amines) is 2. The molecule has 27 heavy (non-hydrogen) atoms. The summed E-state index contributed by atoms with van der Waals surface area (Å²) in [6, 6.07) is 10.1. The summed E-state index contributed by atoms with van der Waals surface area (Å²) in [7, 11) is 0. The van der Waals surface area contributed by atoms with E-state index < -0.39 is 5.60 Å². The number of carbonyl (C=O) groups excluding carboxylic acids is 1. The van der Waals surface area contributed by atoms with E-state index in [0.717, 1.165) is 31.0 Å². The number of benzene rings is 1. The third-order valence-corrected chi connectivity index (χ3v) is 7.16. The van der Waals surface area contributed by atoms with Crippen LogP contribution in [0.25, 0.3) is 0 Å². The first-order valence-corrected chi connectivity index (χ1v) is 11.0. The van der Waals surface area contributed by atoms with Gasteiger partial charge in [-0.2, -0.15) is 0 Å². The van der Waals surface area contributed by atoms with Crippen LogP contribution in [-0.2, 0) is 10.4 Å². The molecule has 1 aliphatic carbocycles. The minimum Gasteiger partial charge on any atom is -0.383 e. The third-order valence-electron chi connectivity index (χ3n) is 7.16. The zero-order chi connectivity index (χ0) is 18.7. The van der Waals surface area contributed by atoms with Gasteiger partial charge in [0.15, 0.2) is 0 Å². The van der Waals surface area contributed by atoms with Gasteiger partial charge in [0.2, 0.25) is 5.91 Å². The number of amides is 1. The van der Waals surface area contributed by atoms with E-state index in [1.165, 1.54) is 38.5 Å². The Labute approximate surface area is 163 Å². The number of piperidine rings is 1. The van der Waals surface area contributed by atoms with Gasteiger partial charge in [0, 0.05) is 19.5 Å². The van der Waals surface area contributed by atoms with Crippen molar-refractivity contribution in [3.63, 3.8) is 0 Å². The minimum absolute atomic E-state index is 0.00609. The molecule has 1 saturated carbocycles. The lowest BCUT2D eigenvalue weighted by Crippen LogP contribution is -2.61. The summed E-state index contributed by atoms with van der Waals surface area (Å²) in [5, 5.41) is 11.7. The maximum atomic E-state index is 12.9. The van der Waals surface area contributed by atoms with Crippen LogP contribution in [0.2, 0.25) is 0 Å². The van der Waals surface area contributed by atoms with Crippen molar-refractivity contribution in [1.29, 1.82) is 0 Å². The maximum Gasteiger partial charge on any atom is 0.222 e. The number of hydrogen-bond acceptors (Lipinski definition) is 3. The first-order chi connectivity index (χ1) is 13.2. The predicted molar refractivity (Wildman–Crippen MR) is 107 cm³/mol. The van der Waals surface area contributed by atoms with E-state index >= 15 is 0 Å². The summed E-state index contributed by atoms with van der Waals surface area (Å²) in [6.45, 7) is 3.39. The average Bonchev–Trinajstić information content (AvgIpc) is 3.41. The van der Waals surface area contributed by atoms with E-state index in [-0.39, 0.29) is 6.04 Å². The lowest BCUT2D eigenvalue weighted by molar-refractivity contribution is -0.143. The Morgan fingerprint density at radius 3 is 2.44 bits per heavy atom. The van der Waals surface area contributed by atoms with E-state index in [1.54, 1.807) is 0 Å². The van der Waals surface area contributed by atoms with E-state index in [4.69, 9.17) is 0 Å². The lowest BCUT2D eigenvalue weighted by atomic mass is 9.79. The molecule has 0 radical (unpaired) electrons. The average molecular weight is 371 g/mol. The molecule has 0 bridgehead atoms. The molecule has 1 N–H and O–H groups in total. The summed E-state index contributed by atoms with van der Waals surface area (Å²) in [6.07, 6.45) is 10.0. The SMILES string of the molecule is O=C(CCC1CCCC1)N1CC[C@](O)(c2ccccc2)[C@H](N2CCCC2)C1. The zero-order valence-corrected chi connectivity index (χ0v) is 16.5. The molecular weight excluding hydrogens is 336 g/mol. The summed E-state index contributed by atoms with van der Waals surface area (Å²) < 4.78 is 0. The molecule has 2 saturated heterocycles. The van der Waals surface area contributed by atoms with Crippen molar-refractivity contribution in [1.82, 2.24) is 9.80 Å². The summed E-state index contributed by atoms with van der Waals surface area (Å²) in [5.41, 5.74) is 0.147. The molecule has 4 nitrogen and oxygen atoms in total. The van der Waals surface area contributed by atoms with Crippen LogP contribution < -0.4 is 0 Å². The van der Waals surface area contributed by atoms with E-state index in [2.05, 4.69) is 4.90 Å². The maximum absolute atomic E-state index is 12.9. The number of hydrogen-bond donors (Lipinski definition) is 1. The Bertz CT molecular complexity index is 623. The molecule has 1 aromatic rings. The topological polar surface area (TPSA) is 43.8 Å². The summed E-state index contributed by atoms with van der Waals surface area (Å²) in [4.78, 5) is 17.3. The van der Waals surface area contributed by atoms with Crippen LogP contribution in [0, 0.1) is 5.92 Å². The predicted octanol–water partition coefficient (Wildman–Crippen LogP) is 3.54. The highest BCUT2D eigenvalue weighted by Crippen LogP contribution is 2.38. The number of rotatable bonds is 5.